The lowest BCUT2D eigenvalue weighted by molar-refractivity contribution is 0.0963. The number of ketones is 1. The lowest BCUT2D eigenvalue weighted by Gasteiger charge is -2.23. The quantitative estimate of drug-likeness (QED) is 0.871. The molecule has 0 fully saturated rings. The molecule has 0 aliphatic heterocycles. The zero-order valence-electron chi connectivity index (χ0n) is 11.3. The van der Waals surface area contributed by atoms with Crippen LogP contribution in [-0.2, 0) is 6.42 Å². The maximum atomic E-state index is 12.3. The molecule has 1 aromatic carbocycles. The molecule has 1 aliphatic rings. The number of aromatic amines is 1. The zero-order valence-corrected chi connectivity index (χ0v) is 11.3. The Bertz CT molecular complexity index is 778. The van der Waals surface area contributed by atoms with Gasteiger partial charge in [-0.25, -0.2) is 0 Å². The molecule has 3 N–H and O–H groups in total. The van der Waals surface area contributed by atoms with Gasteiger partial charge >= 0.3 is 0 Å². The van der Waals surface area contributed by atoms with Crippen LogP contribution < -0.4 is 11.3 Å². The highest BCUT2D eigenvalue weighted by Gasteiger charge is 2.28. The number of fused-ring (bicyclic) bond motifs is 1. The molecule has 1 atom stereocenters. The van der Waals surface area contributed by atoms with Gasteiger partial charge in [0.15, 0.2) is 5.78 Å². The molecule has 1 aromatic heterocycles. The Balaban J connectivity index is 2.04. The van der Waals surface area contributed by atoms with Crippen LogP contribution in [0.1, 0.15) is 44.3 Å². The number of carbonyl (C=O) groups is 2. The van der Waals surface area contributed by atoms with Crippen molar-refractivity contribution in [3.8, 4) is 0 Å². The average Bonchev–Trinajstić information content (AvgIpc) is 2.47. The van der Waals surface area contributed by atoms with E-state index in [0.717, 1.165) is 5.56 Å². The normalized spacial score (nSPS) is 17.3. The summed E-state index contributed by atoms with van der Waals surface area (Å²) in [6, 6.07) is 11.0. The summed E-state index contributed by atoms with van der Waals surface area (Å²) < 4.78 is 0. The molecule has 21 heavy (non-hydrogen) atoms. The van der Waals surface area contributed by atoms with Crippen LogP contribution in [0.4, 0.5) is 0 Å². The van der Waals surface area contributed by atoms with Crippen LogP contribution in [0, 0.1) is 0 Å². The smallest absolute Gasteiger partial charge is 0.261 e. The second kappa shape index (κ2) is 5.01. The van der Waals surface area contributed by atoms with Crippen molar-refractivity contribution in [3.05, 3.63) is 69.1 Å². The third-order valence-electron chi connectivity index (χ3n) is 3.84. The summed E-state index contributed by atoms with van der Waals surface area (Å²) in [7, 11) is 0. The van der Waals surface area contributed by atoms with Gasteiger partial charge in [0, 0.05) is 17.7 Å². The first-order valence-electron chi connectivity index (χ1n) is 6.70. The summed E-state index contributed by atoms with van der Waals surface area (Å²) in [4.78, 5) is 37.9. The molecule has 1 amide bonds. The van der Waals surface area contributed by atoms with Gasteiger partial charge in [-0.3, -0.25) is 14.4 Å². The molecule has 3 rings (SSSR count). The van der Waals surface area contributed by atoms with Gasteiger partial charge in [0.1, 0.15) is 5.56 Å². The van der Waals surface area contributed by atoms with E-state index in [0.29, 0.717) is 24.1 Å². The Morgan fingerprint density at radius 1 is 1.14 bits per heavy atom. The highest BCUT2D eigenvalue weighted by molar-refractivity contribution is 6.01. The van der Waals surface area contributed by atoms with E-state index in [9.17, 15) is 14.4 Å². The monoisotopic (exact) mass is 282 g/mol. The molecule has 5 heteroatoms. The molecule has 2 aromatic rings. The van der Waals surface area contributed by atoms with E-state index >= 15 is 0 Å². The molecular formula is C16H14N2O3. The predicted octanol–water partition coefficient (Wildman–Crippen LogP) is 1.39. The average molecular weight is 282 g/mol. The van der Waals surface area contributed by atoms with E-state index in [1.807, 2.05) is 30.3 Å². The van der Waals surface area contributed by atoms with E-state index in [4.69, 9.17) is 5.73 Å². The van der Waals surface area contributed by atoms with E-state index < -0.39 is 11.5 Å². The minimum atomic E-state index is -0.822. The molecule has 0 saturated heterocycles. The van der Waals surface area contributed by atoms with Crippen LogP contribution in [0.3, 0.4) is 0 Å². The topological polar surface area (TPSA) is 93.0 Å². The molecule has 0 radical (unpaired) electrons. The number of hydrogen-bond donors (Lipinski definition) is 2. The predicted molar refractivity (Wildman–Crippen MR) is 77.4 cm³/mol. The molecule has 0 bridgehead atoms. The molecule has 0 unspecified atom stereocenters. The molecule has 0 spiro atoms. The van der Waals surface area contributed by atoms with Crippen molar-refractivity contribution < 1.29 is 9.59 Å². The molecule has 5 nitrogen and oxygen atoms in total. The summed E-state index contributed by atoms with van der Waals surface area (Å²) in [5, 5.41) is 0. The number of amides is 1. The van der Waals surface area contributed by atoms with Crippen LogP contribution in [0.5, 0.6) is 0 Å². The van der Waals surface area contributed by atoms with Crippen LogP contribution in [0.15, 0.2) is 41.2 Å². The van der Waals surface area contributed by atoms with Crippen molar-refractivity contribution >= 4 is 11.7 Å². The number of primary amides is 1. The molecule has 0 saturated carbocycles. The summed E-state index contributed by atoms with van der Waals surface area (Å²) in [6.07, 6.45) is 0.931. The second-order valence-corrected chi connectivity index (χ2v) is 5.21. The van der Waals surface area contributed by atoms with Gasteiger partial charge in [-0.2, -0.15) is 0 Å². The number of H-pyrrole nitrogens is 1. The first-order chi connectivity index (χ1) is 10.1. The number of benzene rings is 1. The van der Waals surface area contributed by atoms with Crippen LogP contribution in [0.25, 0.3) is 0 Å². The van der Waals surface area contributed by atoms with Gasteiger partial charge < -0.3 is 10.7 Å². The minimum absolute atomic E-state index is 0.0429. The first kappa shape index (κ1) is 13.3. The Hall–Kier alpha value is -2.69. The van der Waals surface area contributed by atoms with E-state index in [1.165, 1.54) is 6.07 Å². The van der Waals surface area contributed by atoms with Crippen molar-refractivity contribution in [2.24, 2.45) is 5.73 Å². The van der Waals surface area contributed by atoms with Crippen molar-refractivity contribution in [1.82, 2.24) is 4.98 Å². The number of nitrogens with two attached hydrogens (primary N) is 1. The van der Waals surface area contributed by atoms with Gasteiger partial charge in [0.05, 0.1) is 0 Å². The fourth-order valence-electron chi connectivity index (χ4n) is 2.77. The third kappa shape index (κ3) is 2.38. The molecule has 1 heterocycles. The van der Waals surface area contributed by atoms with E-state index in [2.05, 4.69) is 4.98 Å². The minimum Gasteiger partial charge on any atom is -0.365 e. The summed E-state index contributed by atoms with van der Waals surface area (Å²) >= 11 is 0. The summed E-state index contributed by atoms with van der Waals surface area (Å²) in [5.41, 5.74) is 6.48. The fraction of sp³-hybridized carbons (Fsp3) is 0.188. The SMILES string of the molecule is NC(=O)c1cc2c([nH]c1=O)C[C@@H](c1ccccc1)CC2=O. The Morgan fingerprint density at radius 2 is 1.86 bits per heavy atom. The highest BCUT2D eigenvalue weighted by Crippen LogP contribution is 2.31. The van der Waals surface area contributed by atoms with Crippen molar-refractivity contribution in [2.75, 3.05) is 0 Å². The Morgan fingerprint density at radius 3 is 2.52 bits per heavy atom. The Kier molecular flexibility index (Phi) is 3.17. The number of pyridine rings is 1. The zero-order chi connectivity index (χ0) is 15.0. The first-order valence-corrected chi connectivity index (χ1v) is 6.70. The number of hydrogen-bond acceptors (Lipinski definition) is 3. The van der Waals surface area contributed by atoms with Gasteiger partial charge in [0.2, 0.25) is 0 Å². The van der Waals surface area contributed by atoms with Crippen LogP contribution >= 0.6 is 0 Å². The van der Waals surface area contributed by atoms with Crippen molar-refractivity contribution in [1.29, 1.82) is 0 Å². The molecular weight excluding hydrogens is 268 g/mol. The van der Waals surface area contributed by atoms with Crippen LogP contribution in [-0.4, -0.2) is 16.7 Å². The standard InChI is InChI=1S/C16H14N2O3/c17-15(20)12-8-11-13(18-16(12)21)6-10(7-14(11)19)9-4-2-1-3-5-9/h1-5,8,10H,6-7H2,(H2,17,20)(H,18,21)/t10-/m1/s1. The van der Waals surface area contributed by atoms with Gasteiger partial charge in [0.25, 0.3) is 11.5 Å². The van der Waals surface area contributed by atoms with Crippen molar-refractivity contribution in [3.63, 3.8) is 0 Å². The maximum absolute atomic E-state index is 12.3. The fourth-order valence-corrected chi connectivity index (χ4v) is 2.77. The maximum Gasteiger partial charge on any atom is 0.261 e. The van der Waals surface area contributed by atoms with Crippen molar-refractivity contribution in [2.45, 2.75) is 18.8 Å². The van der Waals surface area contributed by atoms with E-state index in [-0.39, 0.29) is 17.3 Å². The number of rotatable bonds is 2. The lowest BCUT2D eigenvalue weighted by Crippen LogP contribution is -2.29. The van der Waals surface area contributed by atoms with Gasteiger partial charge in [-0.1, -0.05) is 30.3 Å². The Labute approximate surface area is 120 Å². The second-order valence-electron chi connectivity index (χ2n) is 5.21. The largest absolute Gasteiger partial charge is 0.365 e. The lowest BCUT2D eigenvalue weighted by atomic mass is 9.81. The number of nitrogens with one attached hydrogen (secondary N) is 1. The molecule has 106 valence electrons. The van der Waals surface area contributed by atoms with E-state index in [1.54, 1.807) is 0 Å². The third-order valence-corrected chi connectivity index (χ3v) is 3.84. The molecule has 1 aliphatic carbocycles. The summed E-state index contributed by atoms with van der Waals surface area (Å²) in [6.45, 7) is 0. The summed E-state index contributed by atoms with van der Waals surface area (Å²) in [5.74, 6) is -0.859. The van der Waals surface area contributed by atoms with Gasteiger partial charge in [-0.15, -0.1) is 0 Å². The van der Waals surface area contributed by atoms with Crippen LogP contribution in [0.2, 0.25) is 0 Å². The number of carbonyl (C=O) groups excluding carboxylic acids is 2. The number of aromatic nitrogens is 1. The van der Waals surface area contributed by atoms with Gasteiger partial charge in [-0.05, 0) is 24.0 Å². The number of Topliss-reactive ketones (excluding diaryl/α,β-unsaturated/α-hetero) is 1. The highest BCUT2D eigenvalue weighted by atomic mass is 16.2.